The van der Waals surface area contributed by atoms with Crippen LogP contribution in [0.25, 0.3) is 0 Å². The first kappa shape index (κ1) is 29.0. The molecule has 0 bridgehead atoms. The van der Waals surface area contributed by atoms with Gasteiger partial charge in [-0.3, -0.25) is 14.5 Å². The van der Waals surface area contributed by atoms with E-state index in [1.807, 2.05) is 56.3 Å². The number of aryl methyl sites for hydroxylation is 2. The second kappa shape index (κ2) is 11.4. The van der Waals surface area contributed by atoms with Crippen LogP contribution in [0.5, 0.6) is 0 Å². The summed E-state index contributed by atoms with van der Waals surface area (Å²) in [6.45, 7) is 8.03. The van der Waals surface area contributed by atoms with Crippen molar-refractivity contribution >= 4 is 61.5 Å². The fourth-order valence-electron chi connectivity index (χ4n) is 5.38. The number of carbonyl (C=O) groups is 2. The topological polar surface area (TPSA) is 125 Å². The van der Waals surface area contributed by atoms with Crippen LogP contribution in [0.1, 0.15) is 49.3 Å². The van der Waals surface area contributed by atoms with Crippen LogP contribution >= 0.6 is 39.0 Å². The molecular formula is C30H29BrN6O2S2. The average molecular weight is 650 g/mol. The molecule has 2 heterocycles. The van der Waals surface area contributed by atoms with Gasteiger partial charge in [-0.1, -0.05) is 77.1 Å². The summed E-state index contributed by atoms with van der Waals surface area (Å²) in [6.07, 6.45) is 0.970. The zero-order valence-electron chi connectivity index (χ0n) is 23.1. The highest BCUT2D eigenvalue weighted by Crippen LogP contribution is 2.51. The fraction of sp³-hybridized carbons (Fsp3) is 0.300. The minimum Gasteiger partial charge on any atom is -0.384 e. The Morgan fingerprint density at radius 1 is 1.22 bits per heavy atom. The van der Waals surface area contributed by atoms with E-state index in [9.17, 15) is 14.9 Å². The number of Topliss-reactive ketones (excluding diaryl/α,β-unsaturated/α-hetero) is 1. The highest BCUT2D eigenvalue weighted by Gasteiger charge is 2.45. The van der Waals surface area contributed by atoms with Crippen LogP contribution in [0.2, 0.25) is 0 Å². The van der Waals surface area contributed by atoms with E-state index in [4.69, 9.17) is 5.73 Å². The molecule has 1 amide bonds. The molecule has 3 N–H and O–H groups in total. The average Bonchev–Trinajstić information content (AvgIpc) is 3.36. The van der Waals surface area contributed by atoms with Crippen molar-refractivity contribution in [3.8, 4) is 6.07 Å². The van der Waals surface area contributed by atoms with Gasteiger partial charge < -0.3 is 11.1 Å². The number of anilines is 2. The molecule has 0 radical (unpaired) electrons. The molecule has 3 aromatic rings. The molecule has 0 saturated carbocycles. The number of halogens is 1. The van der Waals surface area contributed by atoms with E-state index >= 15 is 0 Å². The maximum absolute atomic E-state index is 13.7. The highest BCUT2D eigenvalue weighted by molar-refractivity contribution is 9.10. The number of nitrogens with two attached hydrogens (primary N) is 1. The summed E-state index contributed by atoms with van der Waals surface area (Å²) < 4.78 is 1.53. The number of allylic oxidation sites excluding steroid dienone is 3. The zero-order valence-corrected chi connectivity index (χ0v) is 26.3. The standard InChI is InChI=1S/C30H29BrN6O2S2/c1-16-7-5-6-8-19(16)25-20(14-32)27(33)37(22-12-30(3,4)13-23(38)26(22)25)28-35-36-29(41-28)40-15-24(39)34-21-10-9-18(31)11-17(21)2/h5-11,25H,12-13,15,33H2,1-4H3,(H,34,39). The normalized spacial score (nSPS) is 18.3. The maximum atomic E-state index is 13.7. The number of amides is 1. The van der Waals surface area contributed by atoms with Crippen molar-refractivity contribution in [1.29, 1.82) is 5.26 Å². The van der Waals surface area contributed by atoms with Gasteiger partial charge in [0.25, 0.3) is 0 Å². The quantitative estimate of drug-likeness (QED) is 0.287. The first-order valence-corrected chi connectivity index (χ1v) is 15.6. The lowest BCUT2D eigenvalue weighted by Gasteiger charge is -2.42. The number of nitrogens with zero attached hydrogens (tertiary/aromatic N) is 4. The van der Waals surface area contributed by atoms with Crippen LogP contribution < -0.4 is 16.0 Å². The summed E-state index contributed by atoms with van der Waals surface area (Å²) in [7, 11) is 0. The molecule has 1 aliphatic carbocycles. The number of aromatic nitrogens is 2. The summed E-state index contributed by atoms with van der Waals surface area (Å²) >= 11 is 5.98. The molecule has 5 rings (SSSR count). The number of nitriles is 1. The summed E-state index contributed by atoms with van der Waals surface area (Å²) in [5, 5.41) is 22.4. The van der Waals surface area contributed by atoms with E-state index in [0.717, 1.165) is 32.5 Å². The number of hydrogen-bond donors (Lipinski definition) is 2. The van der Waals surface area contributed by atoms with Crippen molar-refractivity contribution < 1.29 is 9.59 Å². The monoisotopic (exact) mass is 648 g/mol. The summed E-state index contributed by atoms with van der Waals surface area (Å²) in [6, 6.07) is 15.8. The van der Waals surface area contributed by atoms with Crippen LogP contribution in [0.3, 0.4) is 0 Å². The number of benzene rings is 2. The molecule has 11 heteroatoms. The van der Waals surface area contributed by atoms with Crippen molar-refractivity contribution in [3.05, 3.63) is 86.3 Å². The first-order valence-electron chi connectivity index (χ1n) is 13.0. The molecule has 1 unspecified atom stereocenters. The van der Waals surface area contributed by atoms with Gasteiger partial charge in [0.15, 0.2) is 10.1 Å². The van der Waals surface area contributed by atoms with Gasteiger partial charge in [-0.2, -0.15) is 5.26 Å². The molecule has 8 nitrogen and oxygen atoms in total. The van der Waals surface area contributed by atoms with Crippen molar-refractivity contribution in [2.24, 2.45) is 11.1 Å². The minimum absolute atomic E-state index is 0.00812. The molecule has 1 atom stereocenters. The third-order valence-electron chi connectivity index (χ3n) is 7.26. The van der Waals surface area contributed by atoms with Crippen LogP contribution in [0.4, 0.5) is 10.8 Å². The zero-order chi connectivity index (χ0) is 29.5. The summed E-state index contributed by atoms with van der Waals surface area (Å²) in [4.78, 5) is 28.1. The Labute approximate surface area is 255 Å². The molecule has 2 aromatic carbocycles. The Morgan fingerprint density at radius 2 is 1.98 bits per heavy atom. The summed E-state index contributed by atoms with van der Waals surface area (Å²) in [5.74, 6) is -0.293. The van der Waals surface area contributed by atoms with Crippen molar-refractivity contribution in [1.82, 2.24) is 10.2 Å². The number of nitrogens with one attached hydrogen (secondary N) is 1. The van der Waals surface area contributed by atoms with Gasteiger partial charge in [-0.15, -0.1) is 10.2 Å². The Bertz CT molecular complexity index is 1670. The third kappa shape index (κ3) is 5.82. The van der Waals surface area contributed by atoms with Crippen molar-refractivity contribution in [2.75, 3.05) is 16.0 Å². The molecule has 2 aliphatic rings. The number of hydrogen-bond acceptors (Lipinski definition) is 9. The van der Waals surface area contributed by atoms with Gasteiger partial charge in [0.05, 0.1) is 23.3 Å². The Morgan fingerprint density at radius 3 is 2.68 bits per heavy atom. The van der Waals surface area contributed by atoms with E-state index in [1.165, 1.54) is 23.1 Å². The number of carbonyl (C=O) groups excluding carboxylic acids is 2. The van der Waals surface area contributed by atoms with Gasteiger partial charge in [-0.05, 0) is 60.6 Å². The first-order chi connectivity index (χ1) is 19.5. The van der Waals surface area contributed by atoms with Gasteiger partial charge in [0.1, 0.15) is 5.82 Å². The predicted molar refractivity (Wildman–Crippen MR) is 166 cm³/mol. The van der Waals surface area contributed by atoms with Crippen LogP contribution in [0, 0.1) is 30.6 Å². The molecule has 210 valence electrons. The van der Waals surface area contributed by atoms with Crippen LogP contribution in [-0.4, -0.2) is 27.6 Å². The molecule has 1 aromatic heterocycles. The largest absolute Gasteiger partial charge is 0.384 e. The molecule has 0 saturated heterocycles. The van der Waals surface area contributed by atoms with Gasteiger partial charge in [0, 0.05) is 27.9 Å². The molecule has 1 aliphatic heterocycles. The third-order valence-corrected chi connectivity index (χ3v) is 9.79. The SMILES string of the molecule is Cc1cc(Br)ccc1NC(=O)CSc1nnc(N2C(N)=C(C#N)C(c3ccccc3C)C3=C2CC(C)(C)CC3=O)s1. The van der Waals surface area contributed by atoms with Crippen molar-refractivity contribution in [3.63, 3.8) is 0 Å². The van der Waals surface area contributed by atoms with E-state index in [2.05, 4.69) is 51.4 Å². The highest BCUT2D eigenvalue weighted by atomic mass is 79.9. The molecule has 0 fully saturated rings. The smallest absolute Gasteiger partial charge is 0.234 e. The number of thioether (sulfide) groups is 1. The Hall–Kier alpha value is -3.46. The molecule has 41 heavy (non-hydrogen) atoms. The lowest BCUT2D eigenvalue weighted by molar-refractivity contribution is -0.118. The minimum atomic E-state index is -0.538. The Balaban J connectivity index is 1.46. The maximum Gasteiger partial charge on any atom is 0.234 e. The van der Waals surface area contributed by atoms with E-state index in [0.29, 0.717) is 33.5 Å². The van der Waals surface area contributed by atoms with Gasteiger partial charge in [-0.25, -0.2) is 0 Å². The lowest BCUT2D eigenvalue weighted by Crippen LogP contribution is -2.42. The Kier molecular flexibility index (Phi) is 8.10. The fourth-order valence-corrected chi connectivity index (χ4v) is 7.54. The second-order valence-electron chi connectivity index (χ2n) is 11.0. The van der Waals surface area contributed by atoms with Crippen LogP contribution in [0.15, 0.2) is 73.9 Å². The molecule has 0 spiro atoms. The second-order valence-corrected chi connectivity index (χ2v) is 14.1. The molecular weight excluding hydrogens is 620 g/mol. The predicted octanol–water partition coefficient (Wildman–Crippen LogP) is 6.59. The van der Waals surface area contributed by atoms with E-state index < -0.39 is 5.92 Å². The van der Waals surface area contributed by atoms with Gasteiger partial charge in [0.2, 0.25) is 11.0 Å². The summed E-state index contributed by atoms with van der Waals surface area (Å²) in [5.41, 5.74) is 11.7. The van der Waals surface area contributed by atoms with E-state index in [1.54, 1.807) is 4.90 Å². The number of rotatable bonds is 6. The number of ketones is 1. The van der Waals surface area contributed by atoms with Crippen LogP contribution in [-0.2, 0) is 9.59 Å². The van der Waals surface area contributed by atoms with Gasteiger partial charge >= 0.3 is 0 Å². The van der Waals surface area contributed by atoms with E-state index in [-0.39, 0.29) is 28.7 Å². The lowest BCUT2D eigenvalue weighted by atomic mass is 9.68. The van der Waals surface area contributed by atoms with Crippen molar-refractivity contribution in [2.45, 2.75) is 50.8 Å².